The van der Waals surface area contributed by atoms with Gasteiger partial charge in [-0.15, -0.1) is 0 Å². The number of amides is 1. The van der Waals surface area contributed by atoms with E-state index in [0.29, 0.717) is 12.7 Å². The highest BCUT2D eigenvalue weighted by molar-refractivity contribution is 5.93. The molecule has 2 bridgehead atoms. The molecule has 0 radical (unpaired) electrons. The molecule has 1 amide bonds. The molecule has 4 rings (SSSR count). The summed E-state index contributed by atoms with van der Waals surface area (Å²) < 4.78 is 11.6. The first-order valence-corrected chi connectivity index (χ1v) is 9.59. The monoisotopic (exact) mass is 344 g/mol. The second-order valence-corrected chi connectivity index (χ2v) is 7.77. The molecule has 3 fully saturated rings. The van der Waals surface area contributed by atoms with Crippen LogP contribution in [-0.2, 0) is 9.53 Å². The molecule has 0 saturated carbocycles. The average Bonchev–Trinajstić information content (AvgIpc) is 3.33. The predicted octanol–water partition coefficient (Wildman–Crippen LogP) is 2.91. The number of nitrogens with zero attached hydrogens (tertiary/aromatic N) is 1. The van der Waals surface area contributed by atoms with Crippen molar-refractivity contribution in [2.75, 3.05) is 31.6 Å². The first-order chi connectivity index (χ1) is 12.2. The Bertz CT molecular complexity index is 603. The molecule has 136 valence electrons. The largest absolute Gasteiger partial charge is 0.492 e. The SMILES string of the molecule is CC1CCN(CCOc2ccc(NC(=O)C3CC4CCC3O4)cc2)C1. The highest BCUT2D eigenvalue weighted by Crippen LogP contribution is 2.39. The van der Waals surface area contributed by atoms with Gasteiger partial charge in [0.15, 0.2) is 0 Å². The number of likely N-dealkylation sites (tertiary alicyclic amines) is 1. The molecular formula is C20H28N2O3. The first kappa shape index (κ1) is 16.9. The summed E-state index contributed by atoms with van der Waals surface area (Å²) >= 11 is 0. The Labute approximate surface area is 149 Å². The summed E-state index contributed by atoms with van der Waals surface area (Å²) in [5.41, 5.74) is 0.827. The van der Waals surface area contributed by atoms with Crippen LogP contribution in [0.15, 0.2) is 24.3 Å². The maximum atomic E-state index is 12.4. The van der Waals surface area contributed by atoms with E-state index in [0.717, 1.165) is 43.2 Å². The summed E-state index contributed by atoms with van der Waals surface area (Å²) in [5, 5.41) is 3.02. The minimum absolute atomic E-state index is 0.0116. The fourth-order valence-corrected chi connectivity index (χ4v) is 4.31. The maximum absolute atomic E-state index is 12.4. The highest BCUT2D eigenvalue weighted by Gasteiger charge is 2.44. The third kappa shape index (κ3) is 3.98. The van der Waals surface area contributed by atoms with Gasteiger partial charge in [-0.3, -0.25) is 9.69 Å². The Morgan fingerprint density at radius 3 is 2.76 bits per heavy atom. The van der Waals surface area contributed by atoms with Gasteiger partial charge in [0.2, 0.25) is 5.91 Å². The second kappa shape index (κ2) is 7.34. The number of ether oxygens (including phenoxy) is 2. The lowest BCUT2D eigenvalue weighted by Gasteiger charge is -2.18. The van der Waals surface area contributed by atoms with Crippen LogP contribution in [0.25, 0.3) is 0 Å². The summed E-state index contributed by atoms with van der Waals surface area (Å²) in [6.07, 6.45) is 4.72. The number of carbonyl (C=O) groups is 1. The van der Waals surface area contributed by atoms with Crippen molar-refractivity contribution in [3.8, 4) is 5.75 Å². The lowest BCUT2D eigenvalue weighted by Crippen LogP contribution is -2.30. The van der Waals surface area contributed by atoms with Crippen molar-refractivity contribution in [1.29, 1.82) is 0 Å². The zero-order valence-electron chi connectivity index (χ0n) is 14.9. The van der Waals surface area contributed by atoms with E-state index in [1.54, 1.807) is 0 Å². The van der Waals surface area contributed by atoms with Crippen LogP contribution in [0, 0.1) is 11.8 Å². The summed E-state index contributed by atoms with van der Waals surface area (Å²) in [6, 6.07) is 7.69. The third-order valence-electron chi connectivity index (χ3n) is 5.75. The Morgan fingerprint density at radius 2 is 2.12 bits per heavy atom. The standard InChI is InChI=1S/C20H28N2O3/c1-14-8-9-22(13-14)10-11-24-16-4-2-15(3-5-16)21-20(23)18-12-17-6-7-19(18)25-17/h2-5,14,17-19H,6-13H2,1H3,(H,21,23). The van der Waals surface area contributed by atoms with Crippen molar-refractivity contribution in [2.45, 2.75) is 44.8 Å². The second-order valence-electron chi connectivity index (χ2n) is 7.77. The van der Waals surface area contributed by atoms with Gasteiger partial charge in [-0.2, -0.15) is 0 Å². The number of hydrogen-bond donors (Lipinski definition) is 1. The van der Waals surface area contributed by atoms with E-state index >= 15 is 0 Å². The van der Waals surface area contributed by atoms with E-state index in [-0.39, 0.29) is 17.9 Å². The molecule has 5 nitrogen and oxygen atoms in total. The summed E-state index contributed by atoms with van der Waals surface area (Å²) in [6.45, 7) is 6.36. The van der Waals surface area contributed by atoms with E-state index in [1.165, 1.54) is 19.5 Å². The Morgan fingerprint density at radius 1 is 1.28 bits per heavy atom. The lowest BCUT2D eigenvalue weighted by atomic mass is 9.88. The van der Waals surface area contributed by atoms with E-state index < -0.39 is 0 Å². The molecule has 0 aliphatic carbocycles. The van der Waals surface area contributed by atoms with Gasteiger partial charge < -0.3 is 14.8 Å². The quantitative estimate of drug-likeness (QED) is 0.862. The fraction of sp³-hybridized carbons (Fsp3) is 0.650. The van der Waals surface area contributed by atoms with E-state index in [2.05, 4.69) is 17.1 Å². The lowest BCUT2D eigenvalue weighted by molar-refractivity contribution is -0.121. The number of fused-ring (bicyclic) bond motifs is 2. The number of benzene rings is 1. The highest BCUT2D eigenvalue weighted by atomic mass is 16.5. The predicted molar refractivity (Wildman–Crippen MR) is 96.8 cm³/mol. The molecule has 3 saturated heterocycles. The molecule has 5 heteroatoms. The van der Waals surface area contributed by atoms with Gasteiger partial charge >= 0.3 is 0 Å². The maximum Gasteiger partial charge on any atom is 0.230 e. The molecule has 3 heterocycles. The molecule has 4 unspecified atom stereocenters. The first-order valence-electron chi connectivity index (χ1n) is 9.59. The summed E-state index contributed by atoms with van der Waals surface area (Å²) in [4.78, 5) is 14.9. The van der Waals surface area contributed by atoms with Crippen LogP contribution in [0.5, 0.6) is 5.75 Å². The normalized spacial score (nSPS) is 31.4. The molecule has 3 aliphatic rings. The third-order valence-corrected chi connectivity index (χ3v) is 5.75. The van der Waals surface area contributed by atoms with Gasteiger partial charge in [-0.25, -0.2) is 0 Å². The van der Waals surface area contributed by atoms with E-state index in [4.69, 9.17) is 9.47 Å². The van der Waals surface area contributed by atoms with Gasteiger partial charge in [0.25, 0.3) is 0 Å². The van der Waals surface area contributed by atoms with Crippen molar-refractivity contribution in [1.82, 2.24) is 4.90 Å². The van der Waals surface area contributed by atoms with Crippen LogP contribution in [0.1, 0.15) is 32.6 Å². The average molecular weight is 344 g/mol. The topological polar surface area (TPSA) is 50.8 Å². The van der Waals surface area contributed by atoms with Gasteiger partial charge in [-0.05, 0) is 62.4 Å². The van der Waals surface area contributed by atoms with Crippen LogP contribution in [0.2, 0.25) is 0 Å². The number of anilines is 1. The van der Waals surface area contributed by atoms with Crippen molar-refractivity contribution in [3.63, 3.8) is 0 Å². The minimum Gasteiger partial charge on any atom is -0.492 e. The molecule has 1 aromatic rings. The van der Waals surface area contributed by atoms with Gasteiger partial charge in [-0.1, -0.05) is 6.92 Å². The Hall–Kier alpha value is -1.59. The van der Waals surface area contributed by atoms with Gasteiger partial charge in [0, 0.05) is 18.8 Å². The minimum atomic E-state index is 0.0116. The molecule has 1 N–H and O–H groups in total. The number of rotatable bonds is 6. The van der Waals surface area contributed by atoms with Crippen LogP contribution < -0.4 is 10.1 Å². The number of hydrogen-bond acceptors (Lipinski definition) is 4. The smallest absolute Gasteiger partial charge is 0.230 e. The van der Waals surface area contributed by atoms with Crippen LogP contribution in [0.3, 0.4) is 0 Å². The van der Waals surface area contributed by atoms with Crippen molar-refractivity contribution < 1.29 is 14.3 Å². The Kier molecular flexibility index (Phi) is 4.95. The molecule has 3 aliphatic heterocycles. The van der Waals surface area contributed by atoms with Crippen molar-refractivity contribution >= 4 is 11.6 Å². The molecule has 1 aromatic carbocycles. The van der Waals surface area contributed by atoms with E-state index in [9.17, 15) is 4.79 Å². The van der Waals surface area contributed by atoms with Gasteiger partial charge in [0.05, 0.1) is 18.1 Å². The van der Waals surface area contributed by atoms with Crippen molar-refractivity contribution in [2.24, 2.45) is 11.8 Å². The molecule has 0 aromatic heterocycles. The van der Waals surface area contributed by atoms with Crippen LogP contribution in [0.4, 0.5) is 5.69 Å². The van der Waals surface area contributed by atoms with Crippen LogP contribution >= 0.6 is 0 Å². The molecule has 4 atom stereocenters. The Balaban J connectivity index is 1.22. The molecule has 0 spiro atoms. The van der Waals surface area contributed by atoms with Gasteiger partial charge in [0.1, 0.15) is 12.4 Å². The zero-order valence-corrected chi connectivity index (χ0v) is 14.9. The summed E-state index contributed by atoms with van der Waals surface area (Å²) in [7, 11) is 0. The molecule has 25 heavy (non-hydrogen) atoms. The van der Waals surface area contributed by atoms with Crippen molar-refractivity contribution in [3.05, 3.63) is 24.3 Å². The fourth-order valence-electron chi connectivity index (χ4n) is 4.31. The zero-order chi connectivity index (χ0) is 17.2. The molecular weight excluding hydrogens is 316 g/mol. The number of carbonyl (C=O) groups excluding carboxylic acids is 1. The van der Waals surface area contributed by atoms with E-state index in [1.807, 2.05) is 24.3 Å². The summed E-state index contributed by atoms with van der Waals surface area (Å²) in [5.74, 6) is 1.76. The van der Waals surface area contributed by atoms with Crippen LogP contribution in [-0.4, -0.2) is 49.3 Å². The number of nitrogens with one attached hydrogen (secondary N) is 1.